The van der Waals surface area contributed by atoms with E-state index in [0.717, 1.165) is 58.5 Å². The number of hydrogen-bond donors (Lipinski definition) is 0. The lowest BCUT2D eigenvalue weighted by Crippen LogP contribution is -2.42. The van der Waals surface area contributed by atoms with Crippen molar-refractivity contribution in [3.63, 3.8) is 0 Å². The summed E-state index contributed by atoms with van der Waals surface area (Å²) in [5.74, 6) is 0.0705. The summed E-state index contributed by atoms with van der Waals surface area (Å²) in [6, 6.07) is 10.2. The average molecular weight is 459 g/mol. The summed E-state index contributed by atoms with van der Waals surface area (Å²) in [6.07, 6.45) is 10.1. The van der Waals surface area contributed by atoms with Crippen molar-refractivity contribution in [2.24, 2.45) is 0 Å². The molecule has 4 heteroatoms. The van der Waals surface area contributed by atoms with E-state index in [1.54, 1.807) is 7.11 Å². The van der Waals surface area contributed by atoms with Crippen molar-refractivity contribution < 1.29 is 9.53 Å². The number of ether oxygens (including phenoxy) is 1. The van der Waals surface area contributed by atoms with Crippen LogP contribution in [0, 0.1) is 6.92 Å². The van der Waals surface area contributed by atoms with Crippen LogP contribution >= 0.6 is 0 Å². The van der Waals surface area contributed by atoms with E-state index in [1.807, 2.05) is 48.4 Å². The van der Waals surface area contributed by atoms with Crippen molar-refractivity contribution in [3.8, 4) is 0 Å². The first-order valence-electron chi connectivity index (χ1n) is 12.1. The van der Waals surface area contributed by atoms with Crippen LogP contribution < -0.4 is 0 Å². The summed E-state index contributed by atoms with van der Waals surface area (Å²) in [5.41, 5.74) is 7.15. The lowest BCUT2D eigenvalue weighted by molar-refractivity contribution is 0.0269. The van der Waals surface area contributed by atoms with E-state index in [0.29, 0.717) is 6.54 Å². The minimum absolute atomic E-state index is 0.0174. The van der Waals surface area contributed by atoms with Crippen molar-refractivity contribution in [2.45, 2.75) is 59.0 Å². The Balaban J connectivity index is 1.89. The number of rotatable bonds is 6. The summed E-state index contributed by atoms with van der Waals surface area (Å²) in [7, 11) is 1.72. The minimum Gasteiger partial charge on any atom is -0.380 e. The van der Waals surface area contributed by atoms with Gasteiger partial charge in [-0.1, -0.05) is 45.6 Å². The summed E-state index contributed by atoms with van der Waals surface area (Å²) < 4.78 is 5.48. The molecule has 0 spiro atoms. The van der Waals surface area contributed by atoms with Gasteiger partial charge in [-0.3, -0.25) is 9.78 Å². The zero-order valence-electron chi connectivity index (χ0n) is 21.5. The number of pyridine rings is 1. The Morgan fingerprint density at radius 3 is 2.56 bits per heavy atom. The molecule has 2 aromatic rings. The molecule has 0 radical (unpaired) electrons. The number of aryl methyl sites for hydroxylation is 1. The van der Waals surface area contributed by atoms with Gasteiger partial charge in [0.05, 0.1) is 6.10 Å². The maximum atomic E-state index is 13.1. The molecular formula is C30H38N2O2. The highest BCUT2D eigenvalue weighted by Crippen LogP contribution is 2.29. The first-order valence-corrected chi connectivity index (χ1v) is 12.1. The first-order chi connectivity index (χ1) is 16.2. The molecule has 3 rings (SSSR count). The molecule has 0 saturated carbocycles. The van der Waals surface area contributed by atoms with Crippen LogP contribution in [0.2, 0.25) is 0 Å². The third-order valence-electron chi connectivity index (χ3n) is 6.49. The molecule has 1 aromatic heterocycles. The SMILES string of the molecule is C=C/C(=C\C(=C/C)c1ccnc(C(C)(C)C)c1)c1ccc(C(=O)N2CCCC(OC)C2)cc1C. The van der Waals surface area contributed by atoms with Crippen molar-refractivity contribution >= 4 is 17.1 Å². The second-order valence-corrected chi connectivity index (χ2v) is 10.0. The van der Waals surface area contributed by atoms with E-state index in [-0.39, 0.29) is 17.4 Å². The number of benzene rings is 1. The second kappa shape index (κ2) is 11.0. The zero-order valence-corrected chi connectivity index (χ0v) is 21.5. The molecule has 180 valence electrons. The molecular weight excluding hydrogens is 420 g/mol. The smallest absolute Gasteiger partial charge is 0.253 e. The Morgan fingerprint density at radius 2 is 1.94 bits per heavy atom. The lowest BCUT2D eigenvalue weighted by Gasteiger charge is -2.32. The summed E-state index contributed by atoms with van der Waals surface area (Å²) in [6.45, 7) is 16.1. The minimum atomic E-state index is -0.0174. The number of hydrogen-bond acceptors (Lipinski definition) is 3. The molecule has 1 amide bonds. The van der Waals surface area contributed by atoms with E-state index < -0.39 is 0 Å². The van der Waals surface area contributed by atoms with E-state index in [4.69, 9.17) is 4.74 Å². The molecule has 0 aliphatic carbocycles. The van der Waals surface area contributed by atoms with Gasteiger partial charge in [0, 0.05) is 43.1 Å². The lowest BCUT2D eigenvalue weighted by atomic mass is 9.89. The summed E-state index contributed by atoms with van der Waals surface area (Å²) >= 11 is 0. The Hall–Kier alpha value is -2.98. The number of methoxy groups -OCH3 is 1. The third-order valence-corrected chi connectivity index (χ3v) is 6.49. The maximum absolute atomic E-state index is 13.1. The van der Waals surface area contributed by atoms with Gasteiger partial charge >= 0.3 is 0 Å². The van der Waals surface area contributed by atoms with Gasteiger partial charge in [0.25, 0.3) is 5.91 Å². The number of carbonyl (C=O) groups is 1. The number of amides is 1. The number of allylic oxidation sites excluding steroid dienone is 5. The third kappa shape index (κ3) is 5.92. The fourth-order valence-electron chi connectivity index (χ4n) is 4.39. The molecule has 1 aliphatic heterocycles. The maximum Gasteiger partial charge on any atom is 0.253 e. The Morgan fingerprint density at radius 1 is 1.18 bits per heavy atom. The summed E-state index contributed by atoms with van der Waals surface area (Å²) in [4.78, 5) is 19.6. The second-order valence-electron chi connectivity index (χ2n) is 10.0. The predicted molar refractivity (Wildman–Crippen MR) is 142 cm³/mol. The molecule has 34 heavy (non-hydrogen) atoms. The molecule has 0 bridgehead atoms. The van der Waals surface area contributed by atoms with Gasteiger partial charge in [-0.25, -0.2) is 0 Å². The van der Waals surface area contributed by atoms with E-state index in [2.05, 4.69) is 57.5 Å². The van der Waals surface area contributed by atoms with Crippen molar-refractivity contribution in [3.05, 3.63) is 89.3 Å². The van der Waals surface area contributed by atoms with Gasteiger partial charge in [-0.2, -0.15) is 0 Å². The van der Waals surface area contributed by atoms with Crippen molar-refractivity contribution in [2.75, 3.05) is 20.2 Å². The molecule has 1 unspecified atom stereocenters. The molecule has 1 aliphatic rings. The summed E-state index contributed by atoms with van der Waals surface area (Å²) in [5, 5.41) is 0. The molecule has 1 atom stereocenters. The van der Waals surface area contributed by atoms with Crippen LogP contribution in [-0.4, -0.2) is 42.1 Å². The van der Waals surface area contributed by atoms with Crippen LogP contribution in [-0.2, 0) is 10.2 Å². The molecule has 1 fully saturated rings. The van der Waals surface area contributed by atoms with Gasteiger partial charge in [0.1, 0.15) is 0 Å². The highest BCUT2D eigenvalue weighted by Gasteiger charge is 2.24. The molecule has 2 heterocycles. The monoisotopic (exact) mass is 458 g/mol. The van der Waals surface area contributed by atoms with Gasteiger partial charge in [0.15, 0.2) is 0 Å². The number of likely N-dealkylation sites (tertiary alicyclic amines) is 1. The number of piperidine rings is 1. The standard InChI is InChI=1S/C30H38N2O2/c1-8-22(24-14-15-31-28(19-24)30(4,5)6)18-23(9-2)27-13-12-25(17-21(27)3)29(33)32-16-10-11-26(20-32)34-7/h8-9,12-15,17-19,26H,2,10-11,16,20H2,1,3-7H3/b22-8+,23-18+. The largest absolute Gasteiger partial charge is 0.380 e. The molecule has 0 N–H and O–H groups in total. The van der Waals surface area contributed by atoms with Crippen LogP contribution in [0.25, 0.3) is 11.1 Å². The fourth-order valence-corrected chi connectivity index (χ4v) is 4.39. The Labute approximate surface area is 205 Å². The highest BCUT2D eigenvalue weighted by atomic mass is 16.5. The Bertz CT molecular complexity index is 1110. The first kappa shape index (κ1) is 25.6. The quantitative estimate of drug-likeness (QED) is 0.457. The van der Waals surface area contributed by atoms with Gasteiger partial charge in [0.2, 0.25) is 0 Å². The topological polar surface area (TPSA) is 42.4 Å². The Kier molecular flexibility index (Phi) is 8.27. The number of aromatic nitrogens is 1. The zero-order chi connectivity index (χ0) is 24.9. The van der Waals surface area contributed by atoms with Crippen LogP contribution in [0.5, 0.6) is 0 Å². The fraction of sp³-hybridized carbons (Fsp3) is 0.400. The van der Waals surface area contributed by atoms with Crippen LogP contribution in [0.3, 0.4) is 0 Å². The number of nitrogens with zero attached hydrogens (tertiary/aromatic N) is 2. The van der Waals surface area contributed by atoms with E-state index >= 15 is 0 Å². The van der Waals surface area contributed by atoms with E-state index in [9.17, 15) is 4.79 Å². The van der Waals surface area contributed by atoms with Gasteiger partial charge < -0.3 is 9.64 Å². The molecule has 1 saturated heterocycles. The van der Waals surface area contributed by atoms with Gasteiger partial charge in [-0.05, 0) is 84.9 Å². The van der Waals surface area contributed by atoms with Crippen LogP contribution in [0.15, 0.2) is 61.3 Å². The highest BCUT2D eigenvalue weighted by molar-refractivity contribution is 5.96. The molecule has 4 nitrogen and oxygen atoms in total. The van der Waals surface area contributed by atoms with Crippen LogP contribution in [0.1, 0.15) is 73.3 Å². The molecule has 1 aromatic carbocycles. The van der Waals surface area contributed by atoms with Crippen molar-refractivity contribution in [1.29, 1.82) is 0 Å². The van der Waals surface area contributed by atoms with E-state index in [1.165, 1.54) is 0 Å². The average Bonchev–Trinajstić information content (AvgIpc) is 2.84. The predicted octanol–water partition coefficient (Wildman–Crippen LogP) is 6.61. The van der Waals surface area contributed by atoms with Gasteiger partial charge in [-0.15, -0.1) is 0 Å². The van der Waals surface area contributed by atoms with Crippen molar-refractivity contribution in [1.82, 2.24) is 9.88 Å². The van der Waals surface area contributed by atoms with Crippen LogP contribution in [0.4, 0.5) is 0 Å². The normalized spacial score (nSPS) is 17.6. The number of carbonyl (C=O) groups excluding carboxylic acids is 1.